The maximum atomic E-state index is 14.3. The van der Waals surface area contributed by atoms with E-state index in [9.17, 15) is 18.0 Å². The number of rotatable bonds is 3. The molecule has 0 unspecified atom stereocenters. The van der Waals surface area contributed by atoms with Crippen LogP contribution in [-0.2, 0) is 14.9 Å². The molecule has 25 heavy (non-hydrogen) atoms. The van der Waals surface area contributed by atoms with E-state index in [-0.39, 0.29) is 28.8 Å². The third kappa shape index (κ3) is 3.23. The number of hydrogen-bond acceptors (Lipinski definition) is 2. The van der Waals surface area contributed by atoms with Gasteiger partial charge in [0, 0.05) is 28.8 Å². The van der Waals surface area contributed by atoms with Crippen LogP contribution in [0.4, 0.5) is 18.9 Å². The lowest BCUT2D eigenvalue weighted by molar-refractivity contribution is -0.207. The zero-order valence-corrected chi connectivity index (χ0v) is 14.3. The molecule has 1 amide bonds. The lowest BCUT2D eigenvalue weighted by Gasteiger charge is -2.41. The van der Waals surface area contributed by atoms with Crippen molar-refractivity contribution in [2.75, 3.05) is 11.9 Å². The summed E-state index contributed by atoms with van der Waals surface area (Å²) in [5, 5.41) is 2.63. The number of amides is 1. The molecule has 1 heterocycles. The van der Waals surface area contributed by atoms with Crippen LogP contribution in [-0.4, -0.2) is 24.8 Å². The van der Waals surface area contributed by atoms with Crippen LogP contribution in [0.3, 0.4) is 0 Å². The maximum Gasteiger partial charge on any atom is 0.412 e. The molecule has 0 radical (unpaired) electrons. The standard InChI is InChI=1S/C18H17ClF3NO2/c1-2-9-25-15-16(24)23-14-6-5-12(19)10-13(14)17(15,18(20,21)22)8-7-11-3-4-11/h5-6,10-11,15H,2-4,9H2,1H3,(H,23,24)/t15-,17-/m0/s1. The first-order valence-electron chi connectivity index (χ1n) is 8.11. The van der Waals surface area contributed by atoms with E-state index in [2.05, 4.69) is 17.2 Å². The number of anilines is 1. The van der Waals surface area contributed by atoms with Crippen LogP contribution in [0.5, 0.6) is 0 Å². The second-order valence-electron chi connectivity index (χ2n) is 6.28. The van der Waals surface area contributed by atoms with E-state index in [4.69, 9.17) is 16.3 Å². The number of carbonyl (C=O) groups excluding carboxylic acids is 1. The molecule has 1 aromatic carbocycles. The summed E-state index contributed by atoms with van der Waals surface area (Å²) in [7, 11) is 0. The SMILES string of the molecule is CCCO[C@H]1C(=O)Nc2ccc(Cl)cc2[C@]1(C#CC1CC1)C(F)(F)F. The molecular formula is C18H17ClF3NO2. The zero-order chi connectivity index (χ0) is 18.2. The van der Waals surface area contributed by atoms with Gasteiger partial charge >= 0.3 is 6.18 Å². The van der Waals surface area contributed by atoms with E-state index in [0.717, 1.165) is 12.8 Å². The summed E-state index contributed by atoms with van der Waals surface area (Å²) in [6.45, 7) is 1.79. The molecule has 0 aromatic heterocycles. The maximum absolute atomic E-state index is 14.3. The monoisotopic (exact) mass is 371 g/mol. The van der Waals surface area contributed by atoms with Crippen LogP contribution < -0.4 is 5.32 Å². The average Bonchev–Trinajstić information content (AvgIpc) is 3.35. The van der Waals surface area contributed by atoms with Gasteiger partial charge in [-0.1, -0.05) is 30.4 Å². The van der Waals surface area contributed by atoms with Crippen molar-refractivity contribution in [2.24, 2.45) is 5.92 Å². The second kappa shape index (κ2) is 6.54. The van der Waals surface area contributed by atoms with Gasteiger partial charge in [-0.05, 0) is 37.5 Å². The molecule has 2 aliphatic rings. The summed E-state index contributed by atoms with van der Waals surface area (Å²) in [5.74, 6) is 4.18. The highest BCUT2D eigenvalue weighted by atomic mass is 35.5. The first kappa shape index (κ1) is 18.1. The predicted molar refractivity (Wildman–Crippen MR) is 88.3 cm³/mol. The van der Waals surface area contributed by atoms with Gasteiger partial charge in [0.25, 0.3) is 5.91 Å². The van der Waals surface area contributed by atoms with E-state index >= 15 is 0 Å². The summed E-state index contributed by atoms with van der Waals surface area (Å²) >= 11 is 5.95. The van der Waals surface area contributed by atoms with Crippen molar-refractivity contribution in [3.05, 3.63) is 28.8 Å². The van der Waals surface area contributed by atoms with E-state index in [1.807, 2.05) is 0 Å². The molecule has 2 atom stereocenters. The lowest BCUT2D eigenvalue weighted by atomic mass is 9.71. The van der Waals surface area contributed by atoms with Gasteiger partial charge in [0.15, 0.2) is 11.5 Å². The first-order chi connectivity index (χ1) is 11.8. The first-order valence-corrected chi connectivity index (χ1v) is 8.49. The highest BCUT2D eigenvalue weighted by molar-refractivity contribution is 6.30. The third-order valence-electron chi connectivity index (χ3n) is 4.28. The van der Waals surface area contributed by atoms with Crippen LogP contribution in [0.2, 0.25) is 5.02 Å². The van der Waals surface area contributed by atoms with Crippen LogP contribution in [0.15, 0.2) is 18.2 Å². The van der Waals surface area contributed by atoms with Crippen molar-refractivity contribution >= 4 is 23.2 Å². The minimum Gasteiger partial charge on any atom is -0.366 e. The average molecular weight is 372 g/mol. The fourth-order valence-corrected chi connectivity index (χ4v) is 3.05. The fourth-order valence-electron chi connectivity index (χ4n) is 2.87. The van der Waals surface area contributed by atoms with Crippen molar-refractivity contribution in [1.29, 1.82) is 0 Å². The van der Waals surface area contributed by atoms with E-state index in [1.165, 1.54) is 18.2 Å². The number of benzene rings is 1. The number of hydrogen-bond donors (Lipinski definition) is 1. The molecule has 1 aliphatic heterocycles. The Morgan fingerprint density at radius 2 is 2.12 bits per heavy atom. The summed E-state index contributed by atoms with van der Waals surface area (Å²) in [5.41, 5.74) is -2.83. The molecule has 7 heteroatoms. The van der Waals surface area contributed by atoms with Crippen molar-refractivity contribution < 1.29 is 22.7 Å². The normalized spacial score (nSPS) is 25.6. The van der Waals surface area contributed by atoms with Gasteiger partial charge in [0.05, 0.1) is 0 Å². The van der Waals surface area contributed by atoms with Gasteiger partial charge in [-0.2, -0.15) is 13.2 Å². The molecule has 0 bridgehead atoms. The van der Waals surface area contributed by atoms with Crippen molar-refractivity contribution in [3.63, 3.8) is 0 Å². The Morgan fingerprint density at radius 1 is 1.40 bits per heavy atom. The van der Waals surface area contributed by atoms with Crippen LogP contribution in [0, 0.1) is 17.8 Å². The van der Waals surface area contributed by atoms with Gasteiger partial charge in [0.2, 0.25) is 0 Å². The molecule has 1 N–H and O–H groups in total. The van der Waals surface area contributed by atoms with Gasteiger partial charge in [-0.25, -0.2) is 0 Å². The molecule has 1 aromatic rings. The number of carbonyl (C=O) groups is 1. The fraction of sp³-hybridized carbons (Fsp3) is 0.500. The molecule has 134 valence electrons. The molecule has 3 nitrogen and oxygen atoms in total. The largest absolute Gasteiger partial charge is 0.412 e. The summed E-state index contributed by atoms with van der Waals surface area (Å²) in [4.78, 5) is 12.4. The highest BCUT2D eigenvalue weighted by Gasteiger charge is 2.65. The minimum atomic E-state index is -4.80. The van der Waals surface area contributed by atoms with Gasteiger partial charge in [-0.3, -0.25) is 4.79 Å². The van der Waals surface area contributed by atoms with Gasteiger partial charge in [-0.15, -0.1) is 0 Å². The quantitative estimate of drug-likeness (QED) is 0.804. The summed E-state index contributed by atoms with van der Waals surface area (Å²) < 4.78 is 48.3. The van der Waals surface area contributed by atoms with Crippen molar-refractivity contribution in [1.82, 2.24) is 0 Å². The Morgan fingerprint density at radius 3 is 2.72 bits per heavy atom. The molecule has 1 fully saturated rings. The number of fused-ring (bicyclic) bond motifs is 1. The summed E-state index contributed by atoms with van der Waals surface area (Å²) in [6, 6.07) is 4.02. The lowest BCUT2D eigenvalue weighted by Crippen LogP contribution is -2.59. The van der Waals surface area contributed by atoms with Crippen molar-refractivity contribution in [3.8, 4) is 11.8 Å². The number of halogens is 4. The molecule has 1 saturated carbocycles. The molecule has 0 spiro atoms. The summed E-state index contributed by atoms with van der Waals surface area (Å²) in [6.07, 6.45) is -4.54. The predicted octanol–water partition coefficient (Wildman–Crippen LogP) is 4.30. The van der Waals surface area contributed by atoms with Crippen LogP contribution in [0.1, 0.15) is 31.7 Å². The van der Waals surface area contributed by atoms with E-state index in [1.54, 1.807) is 6.92 Å². The molecule has 1 aliphatic carbocycles. The van der Waals surface area contributed by atoms with E-state index in [0.29, 0.717) is 6.42 Å². The number of nitrogens with one attached hydrogen (secondary N) is 1. The van der Waals surface area contributed by atoms with Crippen LogP contribution in [0.25, 0.3) is 0 Å². The molecule has 3 rings (SSSR count). The number of alkyl halides is 3. The van der Waals surface area contributed by atoms with Gasteiger partial charge < -0.3 is 10.1 Å². The Balaban J connectivity index is 2.24. The Labute approximate surface area is 148 Å². The van der Waals surface area contributed by atoms with Crippen molar-refractivity contribution in [2.45, 2.75) is 43.9 Å². The van der Waals surface area contributed by atoms with E-state index < -0.39 is 23.6 Å². The smallest absolute Gasteiger partial charge is 0.366 e. The number of ether oxygens (including phenoxy) is 1. The van der Waals surface area contributed by atoms with Gasteiger partial charge in [0.1, 0.15) is 0 Å². The van der Waals surface area contributed by atoms with Crippen LogP contribution >= 0.6 is 11.6 Å². The molecular weight excluding hydrogens is 355 g/mol. The Bertz CT molecular complexity index is 749. The topological polar surface area (TPSA) is 38.3 Å². The minimum absolute atomic E-state index is 0.0247. The Kier molecular flexibility index (Phi) is 4.74. The Hall–Kier alpha value is -1.71. The highest BCUT2D eigenvalue weighted by Crippen LogP contribution is 2.50. The second-order valence-corrected chi connectivity index (χ2v) is 6.72. The molecule has 0 saturated heterocycles. The zero-order valence-electron chi connectivity index (χ0n) is 13.5. The third-order valence-corrected chi connectivity index (χ3v) is 4.52.